The number of ether oxygens (including phenoxy) is 2. The Bertz CT molecular complexity index is 1000. The Labute approximate surface area is 163 Å². The van der Waals surface area contributed by atoms with Gasteiger partial charge in [-0.15, -0.1) is 10.2 Å². The van der Waals surface area contributed by atoms with Crippen LogP contribution in [0.25, 0.3) is 16.8 Å². The first-order chi connectivity index (χ1) is 13.6. The van der Waals surface area contributed by atoms with Gasteiger partial charge in [0.15, 0.2) is 11.3 Å². The molecule has 0 aliphatic heterocycles. The molecule has 1 aromatic carbocycles. The number of benzene rings is 1. The van der Waals surface area contributed by atoms with Crippen LogP contribution >= 0.6 is 0 Å². The fraction of sp³-hybridized carbons (Fsp3) is 0.429. The summed E-state index contributed by atoms with van der Waals surface area (Å²) < 4.78 is 12.8. The monoisotopic (exact) mass is 380 g/mol. The van der Waals surface area contributed by atoms with Crippen LogP contribution in [0.3, 0.4) is 0 Å². The van der Waals surface area contributed by atoms with Gasteiger partial charge >= 0.3 is 5.97 Å². The molecule has 3 aromatic rings. The second-order valence-corrected chi connectivity index (χ2v) is 7.10. The normalized spacial score (nSPS) is 14.5. The van der Waals surface area contributed by atoms with Gasteiger partial charge < -0.3 is 9.47 Å². The smallest absolute Gasteiger partial charge is 0.360 e. The second kappa shape index (κ2) is 7.58. The lowest BCUT2D eigenvalue weighted by Gasteiger charge is -2.13. The molecule has 7 heteroatoms. The molecule has 1 fully saturated rings. The van der Waals surface area contributed by atoms with Gasteiger partial charge in [0.2, 0.25) is 0 Å². The molecule has 0 N–H and O–H groups in total. The van der Waals surface area contributed by atoms with E-state index in [2.05, 4.69) is 15.3 Å². The number of carbonyl (C=O) groups is 1. The van der Waals surface area contributed by atoms with Gasteiger partial charge in [-0.25, -0.2) is 9.31 Å². The quantitative estimate of drug-likeness (QED) is 0.625. The summed E-state index contributed by atoms with van der Waals surface area (Å²) in [5.41, 5.74) is 4.13. The van der Waals surface area contributed by atoms with Crippen molar-refractivity contribution in [1.29, 1.82) is 0 Å². The Morgan fingerprint density at radius 2 is 1.86 bits per heavy atom. The summed E-state index contributed by atoms with van der Waals surface area (Å²) in [4.78, 5) is 12.1. The van der Waals surface area contributed by atoms with Crippen molar-refractivity contribution in [3.63, 3.8) is 0 Å². The lowest BCUT2D eigenvalue weighted by Crippen LogP contribution is -2.14. The zero-order chi connectivity index (χ0) is 19.7. The van der Waals surface area contributed by atoms with E-state index in [-0.39, 0.29) is 12.3 Å². The number of fused-ring (bicyclic) bond motifs is 1. The molecule has 1 saturated carbocycles. The van der Waals surface area contributed by atoms with Crippen molar-refractivity contribution < 1.29 is 14.3 Å². The summed E-state index contributed by atoms with van der Waals surface area (Å²) in [6, 6.07) is 8.02. The van der Waals surface area contributed by atoms with E-state index in [1.54, 1.807) is 18.4 Å². The molecule has 0 amide bonds. The number of carbonyl (C=O) groups excluding carboxylic acids is 1. The number of rotatable bonds is 5. The third-order valence-corrected chi connectivity index (χ3v) is 5.16. The molecule has 0 atom stereocenters. The van der Waals surface area contributed by atoms with Crippen molar-refractivity contribution >= 4 is 11.6 Å². The molecule has 4 rings (SSSR count). The Morgan fingerprint density at radius 1 is 1.14 bits per heavy atom. The van der Waals surface area contributed by atoms with E-state index in [9.17, 15) is 4.79 Å². The summed E-state index contributed by atoms with van der Waals surface area (Å²) in [5, 5.41) is 12.9. The van der Waals surface area contributed by atoms with Crippen molar-refractivity contribution in [2.24, 2.45) is 0 Å². The summed E-state index contributed by atoms with van der Waals surface area (Å²) in [6.45, 7) is 5.77. The van der Waals surface area contributed by atoms with E-state index < -0.39 is 5.97 Å². The SMILES string of the molecule is CCOC(=O)c1nnc2c(-c3ccc(OC4CCCC4)cc3)c(C)nn2c1C. The molecule has 2 aromatic heterocycles. The van der Waals surface area contributed by atoms with Gasteiger partial charge in [0, 0.05) is 0 Å². The second-order valence-electron chi connectivity index (χ2n) is 7.10. The van der Waals surface area contributed by atoms with Gasteiger partial charge in [0.25, 0.3) is 0 Å². The number of esters is 1. The molecule has 0 saturated heterocycles. The Kier molecular flexibility index (Phi) is 4.98. The largest absolute Gasteiger partial charge is 0.490 e. The molecule has 1 aliphatic carbocycles. The first-order valence-electron chi connectivity index (χ1n) is 9.75. The van der Waals surface area contributed by atoms with Crippen LogP contribution in [0, 0.1) is 13.8 Å². The zero-order valence-corrected chi connectivity index (χ0v) is 16.4. The molecule has 146 valence electrons. The molecule has 0 radical (unpaired) electrons. The Balaban J connectivity index is 1.67. The Hall–Kier alpha value is -2.96. The van der Waals surface area contributed by atoms with Gasteiger partial charge in [0.05, 0.1) is 29.7 Å². The molecule has 0 unspecified atom stereocenters. The highest BCUT2D eigenvalue weighted by Crippen LogP contribution is 2.30. The van der Waals surface area contributed by atoms with Crippen molar-refractivity contribution in [2.75, 3.05) is 6.61 Å². The predicted octanol–water partition coefficient (Wildman–Crippen LogP) is 3.91. The van der Waals surface area contributed by atoms with Crippen LogP contribution in [0.5, 0.6) is 5.75 Å². The van der Waals surface area contributed by atoms with Crippen molar-refractivity contribution in [2.45, 2.75) is 52.6 Å². The van der Waals surface area contributed by atoms with Crippen LogP contribution in [0.15, 0.2) is 24.3 Å². The minimum atomic E-state index is -0.488. The number of hydrogen-bond acceptors (Lipinski definition) is 6. The molecular weight excluding hydrogens is 356 g/mol. The van der Waals surface area contributed by atoms with E-state index in [4.69, 9.17) is 9.47 Å². The summed E-state index contributed by atoms with van der Waals surface area (Å²) >= 11 is 0. The minimum Gasteiger partial charge on any atom is -0.490 e. The average molecular weight is 380 g/mol. The fourth-order valence-electron chi connectivity index (χ4n) is 3.74. The topological polar surface area (TPSA) is 78.6 Å². The van der Waals surface area contributed by atoms with E-state index in [0.717, 1.165) is 35.4 Å². The number of aryl methyl sites for hydroxylation is 2. The number of hydrogen-bond donors (Lipinski definition) is 0. The minimum absolute atomic E-state index is 0.184. The van der Waals surface area contributed by atoms with Crippen LogP contribution in [0.1, 0.15) is 54.5 Å². The molecule has 2 heterocycles. The van der Waals surface area contributed by atoms with Crippen LogP contribution in [-0.4, -0.2) is 38.5 Å². The molecule has 1 aliphatic rings. The van der Waals surface area contributed by atoms with Crippen molar-refractivity contribution in [3.8, 4) is 16.9 Å². The first kappa shape index (κ1) is 18.4. The van der Waals surface area contributed by atoms with Gasteiger partial charge in [-0.3, -0.25) is 0 Å². The van der Waals surface area contributed by atoms with Crippen molar-refractivity contribution in [1.82, 2.24) is 19.8 Å². The van der Waals surface area contributed by atoms with E-state index >= 15 is 0 Å². The maximum atomic E-state index is 12.1. The van der Waals surface area contributed by atoms with Crippen LogP contribution in [0.2, 0.25) is 0 Å². The lowest BCUT2D eigenvalue weighted by atomic mass is 10.1. The average Bonchev–Trinajstić information content (AvgIpc) is 3.30. The first-order valence-corrected chi connectivity index (χ1v) is 9.75. The molecular formula is C21H24N4O3. The highest BCUT2D eigenvalue weighted by atomic mass is 16.5. The van der Waals surface area contributed by atoms with Gasteiger partial charge in [-0.05, 0) is 64.2 Å². The third kappa shape index (κ3) is 3.32. The number of nitrogens with zero attached hydrogens (tertiary/aromatic N) is 4. The Morgan fingerprint density at radius 3 is 2.54 bits per heavy atom. The van der Waals surface area contributed by atoms with Crippen LogP contribution in [-0.2, 0) is 4.74 Å². The molecule has 28 heavy (non-hydrogen) atoms. The van der Waals surface area contributed by atoms with E-state index in [0.29, 0.717) is 17.4 Å². The standard InChI is InChI=1S/C21H24N4O3/c1-4-27-21(26)19-14(3)25-20(23-22-19)18(13(2)24-25)15-9-11-17(12-10-15)28-16-7-5-6-8-16/h9-12,16H,4-8H2,1-3H3. The summed E-state index contributed by atoms with van der Waals surface area (Å²) in [5.74, 6) is 0.397. The molecule has 0 bridgehead atoms. The summed E-state index contributed by atoms with van der Waals surface area (Å²) in [7, 11) is 0. The third-order valence-electron chi connectivity index (χ3n) is 5.16. The highest BCUT2D eigenvalue weighted by molar-refractivity contribution is 5.89. The van der Waals surface area contributed by atoms with E-state index in [1.807, 2.05) is 31.2 Å². The van der Waals surface area contributed by atoms with Gasteiger partial charge in [-0.2, -0.15) is 5.10 Å². The predicted molar refractivity (Wildman–Crippen MR) is 105 cm³/mol. The zero-order valence-electron chi connectivity index (χ0n) is 16.4. The van der Waals surface area contributed by atoms with Gasteiger partial charge in [-0.1, -0.05) is 12.1 Å². The molecule has 7 nitrogen and oxygen atoms in total. The molecule has 0 spiro atoms. The highest BCUT2D eigenvalue weighted by Gasteiger charge is 2.21. The van der Waals surface area contributed by atoms with Crippen LogP contribution < -0.4 is 4.74 Å². The van der Waals surface area contributed by atoms with Crippen LogP contribution in [0.4, 0.5) is 0 Å². The van der Waals surface area contributed by atoms with Crippen molar-refractivity contribution in [3.05, 3.63) is 41.3 Å². The maximum absolute atomic E-state index is 12.1. The fourth-order valence-corrected chi connectivity index (χ4v) is 3.74. The van der Waals surface area contributed by atoms with E-state index in [1.165, 1.54) is 12.8 Å². The summed E-state index contributed by atoms with van der Waals surface area (Å²) in [6.07, 6.45) is 5.09. The number of aromatic nitrogens is 4. The lowest BCUT2D eigenvalue weighted by molar-refractivity contribution is 0.0516. The van der Waals surface area contributed by atoms with Gasteiger partial charge in [0.1, 0.15) is 5.75 Å². The maximum Gasteiger partial charge on any atom is 0.360 e.